The Morgan fingerprint density at radius 1 is 1.00 bits per heavy atom. The van der Waals surface area contributed by atoms with Gasteiger partial charge in [-0.1, -0.05) is 52.5 Å². The summed E-state index contributed by atoms with van der Waals surface area (Å²) in [6.45, 7) is 0. The average Bonchev–Trinajstić information content (AvgIpc) is 2.36. The fourth-order valence-corrected chi connectivity index (χ4v) is 2.27. The van der Waals surface area contributed by atoms with Gasteiger partial charge in [0.2, 0.25) is 0 Å². The van der Waals surface area contributed by atoms with Gasteiger partial charge in [-0.3, -0.25) is 4.99 Å². The van der Waals surface area contributed by atoms with E-state index in [4.69, 9.17) is 46.4 Å². The fraction of sp³-hybridized carbons (Fsp3) is 0. The minimum atomic E-state index is -0.0898. The summed E-state index contributed by atoms with van der Waals surface area (Å²) >= 11 is 23.6. The summed E-state index contributed by atoms with van der Waals surface area (Å²) in [5.74, 6) is -0.0898. The summed E-state index contributed by atoms with van der Waals surface area (Å²) < 4.78 is 0. The average molecular weight is 335 g/mol. The second-order valence-corrected chi connectivity index (χ2v) is 5.29. The molecule has 0 saturated carbocycles. The quantitative estimate of drug-likeness (QED) is 0.696. The van der Waals surface area contributed by atoms with Crippen LogP contribution in [0.2, 0.25) is 20.1 Å². The summed E-state index contributed by atoms with van der Waals surface area (Å²) in [6, 6.07) is 8.09. The molecule has 2 rings (SSSR count). The van der Waals surface area contributed by atoms with E-state index >= 15 is 0 Å². The first-order valence-electron chi connectivity index (χ1n) is 5.15. The number of aromatic hydroxyl groups is 1. The lowest BCUT2D eigenvalue weighted by molar-refractivity contribution is 0.475. The van der Waals surface area contributed by atoms with E-state index in [1.165, 1.54) is 12.3 Å². The van der Waals surface area contributed by atoms with E-state index in [0.717, 1.165) is 0 Å². The molecule has 0 atom stereocenters. The lowest BCUT2D eigenvalue weighted by atomic mass is 10.2. The van der Waals surface area contributed by atoms with E-state index in [1.807, 2.05) is 0 Å². The highest BCUT2D eigenvalue weighted by molar-refractivity contribution is 6.43. The fourth-order valence-electron chi connectivity index (χ4n) is 1.42. The van der Waals surface area contributed by atoms with E-state index in [9.17, 15) is 5.11 Å². The summed E-state index contributed by atoms with van der Waals surface area (Å²) in [6.07, 6.45) is 1.42. The molecule has 0 fully saturated rings. The van der Waals surface area contributed by atoms with Gasteiger partial charge < -0.3 is 5.11 Å². The Hall–Kier alpha value is -0.930. The molecule has 2 nitrogen and oxygen atoms in total. The van der Waals surface area contributed by atoms with Crippen molar-refractivity contribution < 1.29 is 5.11 Å². The smallest absolute Gasteiger partial charge is 0.143 e. The standard InChI is InChI=1S/C13H7Cl4NO/c14-8-4-7(13(19)10(16)5-8)6-18-11-3-1-2-9(15)12(11)17/h1-6,19H. The Labute approximate surface area is 130 Å². The number of aliphatic imine (C=N–C) groups is 1. The van der Waals surface area contributed by atoms with Gasteiger partial charge in [0.25, 0.3) is 0 Å². The van der Waals surface area contributed by atoms with E-state index in [2.05, 4.69) is 4.99 Å². The second kappa shape index (κ2) is 6.02. The maximum atomic E-state index is 9.78. The van der Waals surface area contributed by atoms with Crippen molar-refractivity contribution in [2.24, 2.45) is 4.99 Å². The first-order valence-corrected chi connectivity index (χ1v) is 6.66. The predicted octanol–water partition coefficient (Wildman–Crippen LogP) is 5.76. The van der Waals surface area contributed by atoms with Gasteiger partial charge in [0.05, 0.1) is 20.8 Å². The first kappa shape index (κ1) is 14.5. The Morgan fingerprint density at radius 2 is 1.74 bits per heavy atom. The maximum absolute atomic E-state index is 9.78. The number of rotatable bonds is 2. The number of hydrogen-bond donors (Lipinski definition) is 1. The van der Waals surface area contributed by atoms with Crippen molar-refractivity contribution in [2.45, 2.75) is 0 Å². The Bertz CT molecular complexity index is 655. The lowest BCUT2D eigenvalue weighted by Crippen LogP contribution is -1.84. The molecule has 0 saturated heterocycles. The summed E-state index contributed by atoms with van der Waals surface area (Å²) in [7, 11) is 0. The van der Waals surface area contributed by atoms with Crippen molar-refractivity contribution in [2.75, 3.05) is 0 Å². The Kier molecular flexibility index (Phi) is 4.58. The molecule has 0 spiro atoms. The minimum Gasteiger partial charge on any atom is -0.506 e. The van der Waals surface area contributed by atoms with Crippen molar-refractivity contribution in [3.05, 3.63) is 56.0 Å². The van der Waals surface area contributed by atoms with Crippen molar-refractivity contribution in [1.29, 1.82) is 0 Å². The van der Waals surface area contributed by atoms with E-state index in [-0.39, 0.29) is 10.8 Å². The van der Waals surface area contributed by atoms with Crippen LogP contribution in [0.5, 0.6) is 5.75 Å². The summed E-state index contributed by atoms with van der Waals surface area (Å²) in [5.41, 5.74) is 0.887. The Morgan fingerprint density at radius 3 is 2.47 bits per heavy atom. The molecule has 0 heterocycles. The molecule has 0 aromatic heterocycles. The SMILES string of the molecule is Oc1c(Cl)cc(Cl)cc1C=Nc1cccc(Cl)c1Cl. The van der Waals surface area contributed by atoms with Crippen LogP contribution >= 0.6 is 46.4 Å². The van der Waals surface area contributed by atoms with Gasteiger partial charge in [0.15, 0.2) is 0 Å². The highest BCUT2D eigenvalue weighted by atomic mass is 35.5. The van der Waals surface area contributed by atoms with Crippen LogP contribution < -0.4 is 0 Å². The third-order valence-corrected chi connectivity index (χ3v) is 3.65. The molecule has 0 aliphatic heterocycles. The zero-order valence-corrected chi connectivity index (χ0v) is 12.4. The second-order valence-electron chi connectivity index (χ2n) is 3.66. The van der Waals surface area contributed by atoms with Crippen LogP contribution in [0.1, 0.15) is 5.56 Å². The summed E-state index contributed by atoms with van der Waals surface area (Å²) in [4.78, 5) is 4.16. The maximum Gasteiger partial charge on any atom is 0.143 e. The molecule has 6 heteroatoms. The number of nitrogens with zero attached hydrogens (tertiary/aromatic N) is 1. The van der Waals surface area contributed by atoms with Crippen LogP contribution in [-0.2, 0) is 0 Å². The molecule has 0 amide bonds. The number of phenols is 1. The molecule has 2 aromatic rings. The van der Waals surface area contributed by atoms with Crippen LogP contribution in [-0.4, -0.2) is 11.3 Å². The zero-order chi connectivity index (χ0) is 14.0. The molecule has 98 valence electrons. The molecule has 2 aromatic carbocycles. The van der Waals surface area contributed by atoms with Crippen molar-refractivity contribution in [1.82, 2.24) is 0 Å². The zero-order valence-electron chi connectivity index (χ0n) is 9.37. The van der Waals surface area contributed by atoms with Gasteiger partial charge >= 0.3 is 0 Å². The summed E-state index contributed by atoms with van der Waals surface area (Å²) in [5, 5.41) is 11.1. The number of halogens is 4. The number of benzene rings is 2. The van der Waals surface area contributed by atoms with Gasteiger partial charge in [-0.15, -0.1) is 0 Å². The Balaban J connectivity index is 2.41. The molecule has 0 aliphatic carbocycles. The van der Waals surface area contributed by atoms with Gasteiger partial charge in [-0.2, -0.15) is 0 Å². The van der Waals surface area contributed by atoms with Gasteiger partial charge in [-0.05, 0) is 24.3 Å². The van der Waals surface area contributed by atoms with Crippen LogP contribution in [0.15, 0.2) is 35.3 Å². The number of phenolic OH excluding ortho intramolecular Hbond substituents is 1. The molecular weight excluding hydrogens is 328 g/mol. The lowest BCUT2D eigenvalue weighted by Gasteiger charge is -2.03. The molecule has 19 heavy (non-hydrogen) atoms. The van der Waals surface area contributed by atoms with Crippen LogP contribution in [0.25, 0.3) is 0 Å². The van der Waals surface area contributed by atoms with E-state index < -0.39 is 0 Å². The van der Waals surface area contributed by atoms with Crippen molar-refractivity contribution in [3.63, 3.8) is 0 Å². The normalized spacial score (nSPS) is 11.2. The molecule has 1 N–H and O–H groups in total. The molecule has 0 aliphatic rings. The minimum absolute atomic E-state index is 0.0898. The van der Waals surface area contributed by atoms with Crippen LogP contribution in [0, 0.1) is 0 Å². The van der Waals surface area contributed by atoms with Crippen LogP contribution in [0.4, 0.5) is 5.69 Å². The highest BCUT2D eigenvalue weighted by Crippen LogP contribution is 2.33. The molecule has 0 radical (unpaired) electrons. The molecular formula is C13H7Cl4NO. The van der Waals surface area contributed by atoms with E-state index in [0.29, 0.717) is 26.3 Å². The highest BCUT2D eigenvalue weighted by Gasteiger charge is 2.07. The van der Waals surface area contributed by atoms with Gasteiger partial charge in [0.1, 0.15) is 5.75 Å². The van der Waals surface area contributed by atoms with E-state index in [1.54, 1.807) is 24.3 Å². The predicted molar refractivity (Wildman–Crippen MR) is 81.8 cm³/mol. The number of hydrogen-bond acceptors (Lipinski definition) is 2. The third kappa shape index (κ3) is 3.34. The van der Waals surface area contributed by atoms with Crippen molar-refractivity contribution in [3.8, 4) is 5.75 Å². The third-order valence-electron chi connectivity index (χ3n) is 2.33. The van der Waals surface area contributed by atoms with Gasteiger partial charge in [-0.25, -0.2) is 0 Å². The molecule has 0 unspecified atom stereocenters. The van der Waals surface area contributed by atoms with Crippen molar-refractivity contribution >= 4 is 58.3 Å². The molecule has 0 bridgehead atoms. The topological polar surface area (TPSA) is 32.6 Å². The monoisotopic (exact) mass is 333 g/mol. The first-order chi connectivity index (χ1) is 8.99. The largest absolute Gasteiger partial charge is 0.506 e. The van der Waals surface area contributed by atoms with Gasteiger partial charge in [0, 0.05) is 16.8 Å². The van der Waals surface area contributed by atoms with Crippen LogP contribution in [0.3, 0.4) is 0 Å².